The fraction of sp³-hybridized carbons (Fsp3) is 0.900. The van der Waals surface area contributed by atoms with Crippen molar-refractivity contribution >= 4 is 15.6 Å². The molecule has 0 N–H and O–H groups in total. The van der Waals surface area contributed by atoms with Gasteiger partial charge in [0.15, 0.2) is 0 Å². The van der Waals surface area contributed by atoms with Crippen LogP contribution in [0, 0.1) is 11.8 Å². The van der Waals surface area contributed by atoms with Gasteiger partial charge in [-0.2, -0.15) is 4.36 Å². The number of hydrogen-bond donors (Lipinski definition) is 0. The smallest absolute Gasteiger partial charge is 0.256 e. The second-order valence-corrected chi connectivity index (χ2v) is 6.69. The van der Waals surface area contributed by atoms with Gasteiger partial charge in [0.2, 0.25) is 0 Å². The summed E-state index contributed by atoms with van der Waals surface area (Å²) in [6.07, 6.45) is 0. The van der Waals surface area contributed by atoms with Crippen LogP contribution in [0.15, 0.2) is 4.36 Å². The van der Waals surface area contributed by atoms with E-state index >= 15 is 0 Å². The summed E-state index contributed by atoms with van der Waals surface area (Å²) >= 11 is 0. The van der Waals surface area contributed by atoms with Crippen LogP contribution >= 0.6 is 0 Å². The van der Waals surface area contributed by atoms with Gasteiger partial charge in [-0.1, -0.05) is 34.6 Å². The van der Waals surface area contributed by atoms with Crippen molar-refractivity contribution in [2.24, 2.45) is 16.2 Å². The number of rotatable bonds is 4. The standard InChI is InChI=1S/C10H21NO2S/c1-6-14(13,7-2)11-10(12)9(5)8(3)4/h8-9H,6-7H2,1-5H3/t9-/m1/s1. The van der Waals surface area contributed by atoms with E-state index in [0.717, 1.165) is 0 Å². The Morgan fingerprint density at radius 3 is 1.93 bits per heavy atom. The quantitative estimate of drug-likeness (QED) is 0.728. The van der Waals surface area contributed by atoms with Crippen molar-refractivity contribution in [1.29, 1.82) is 0 Å². The minimum atomic E-state index is -2.27. The molecule has 0 aromatic heterocycles. The first-order valence-corrected chi connectivity index (χ1v) is 6.98. The lowest BCUT2D eigenvalue weighted by atomic mass is 9.98. The van der Waals surface area contributed by atoms with Gasteiger partial charge in [0.05, 0.1) is 9.73 Å². The van der Waals surface area contributed by atoms with Gasteiger partial charge in [-0.25, -0.2) is 4.21 Å². The van der Waals surface area contributed by atoms with E-state index in [1.165, 1.54) is 0 Å². The zero-order valence-corrected chi connectivity index (χ0v) is 10.6. The highest BCUT2D eigenvalue weighted by molar-refractivity contribution is 7.93. The number of carbonyl (C=O) groups excluding carboxylic acids is 1. The molecule has 0 saturated heterocycles. The molecule has 14 heavy (non-hydrogen) atoms. The molecule has 0 aromatic carbocycles. The summed E-state index contributed by atoms with van der Waals surface area (Å²) in [5.74, 6) is 0.825. The molecule has 0 unspecified atom stereocenters. The molecule has 1 amide bonds. The van der Waals surface area contributed by atoms with Crippen LogP contribution in [0.5, 0.6) is 0 Å². The molecule has 0 fully saturated rings. The predicted octanol–water partition coefficient (Wildman–Crippen LogP) is 2.31. The fourth-order valence-corrected chi connectivity index (χ4v) is 2.03. The van der Waals surface area contributed by atoms with Crippen LogP contribution in [-0.2, 0) is 14.5 Å². The van der Waals surface area contributed by atoms with Gasteiger partial charge in [0, 0.05) is 17.4 Å². The topological polar surface area (TPSA) is 46.5 Å². The molecular formula is C10H21NO2S. The molecule has 1 atom stereocenters. The molecule has 3 nitrogen and oxygen atoms in total. The molecule has 0 bridgehead atoms. The SMILES string of the molecule is CCS(=O)(CC)=NC(=O)[C@H](C)C(C)C. The Morgan fingerprint density at radius 2 is 1.64 bits per heavy atom. The van der Waals surface area contributed by atoms with Crippen molar-refractivity contribution in [2.75, 3.05) is 11.5 Å². The molecule has 0 rings (SSSR count). The summed E-state index contributed by atoms with van der Waals surface area (Å²) in [7, 11) is -2.27. The monoisotopic (exact) mass is 219 g/mol. The molecule has 0 radical (unpaired) electrons. The lowest BCUT2D eigenvalue weighted by Gasteiger charge is -2.12. The molecule has 0 aliphatic heterocycles. The Balaban J connectivity index is 4.82. The van der Waals surface area contributed by atoms with E-state index in [-0.39, 0.29) is 17.7 Å². The Morgan fingerprint density at radius 1 is 1.21 bits per heavy atom. The Hall–Kier alpha value is -0.380. The van der Waals surface area contributed by atoms with Gasteiger partial charge >= 0.3 is 0 Å². The van der Waals surface area contributed by atoms with Crippen LogP contribution in [0.3, 0.4) is 0 Å². The molecule has 0 spiro atoms. The molecule has 84 valence electrons. The third-order valence-corrected chi connectivity index (χ3v) is 4.86. The minimum Gasteiger partial charge on any atom is -0.272 e. The fourth-order valence-electron chi connectivity index (χ4n) is 0.865. The van der Waals surface area contributed by atoms with Gasteiger partial charge in [0.25, 0.3) is 5.91 Å². The van der Waals surface area contributed by atoms with Gasteiger partial charge in [-0.15, -0.1) is 0 Å². The van der Waals surface area contributed by atoms with Gasteiger partial charge in [-0.3, -0.25) is 4.79 Å². The van der Waals surface area contributed by atoms with Gasteiger partial charge in [0.1, 0.15) is 0 Å². The highest BCUT2D eigenvalue weighted by Gasteiger charge is 2.18. The Kier molecular flexibility index (Phi) is 5.34. The highest BCUT2D eigenvalue weighted by Crippen LogP contribution is 2.12. The van der Waals surface area contributed by atoms with Crippen LogP contribution in [0.1, 0.15) is 34.6 Å². The molecule has 0 aliphatic carbocycles. The third-order valence-electron chi connectivity index (χ3n) is 2.55. The van der Waals surface area contributed by atoms with E-state index in [2.05, 4.69) is 4.36 Å². The molecule has 0 aromatic rings. The lowest BCUT2D eigenvalue weighted by molar-refractivity contribution is -0.122. The maximum atomic E-state index is 11.9. The van der Waals surface area contributed by atoms with Crippen molar-refractivity contribution in [3.63, 3.8) is 0 Å². The number of nitrogens with zero attached hydrogens (tertiary/aromatic N) is 1. The van der Waals surface area contributed by atoms with E-state index in [1.807, 2.05) is 34.6 Å². The first-order valence-electron chi connectivity index (χ1n) is 5.12. The normalized spacial score (nSPS) is 14.1. The zero-order valence-electron chi connectivity index (χ0n) is 9.74. The van der Waals surface area contributed by atoms with E-state index in [1.54, 1.807) is 0 Å². The van der Waals surface area contributed by atoms with E-state index in [9.17, 15) is 9.00 Å². The molecule has 0 saturated carbocycles. The van der Waals surface area contributed by atoms with Crippen molar-refractivity contribution in [3.05, 3.63) is 0 Å². The third kappa shape index (κ3) is 3.78. The summed E-state index contributed by atoms with van der Waals surface area (Å²) in [5, 5.41) is 0. The number of amides is 1. The average molecular weight is 219 g/mol. The van der Waals surface area contributed by atoms with E-state index in [4.69, 9.17) is 0 Å². The maximum Gasteiger partial charge on any atom is 0.256 e. The summed E-state index contributed by atoms with van der Waals surface area (Å²) in [6, 6.07) is 0. The summed E-state index contributed by atoms with van der Waals surface area (Å²) in [4.78, 5) is 11.6. The number of carbonyl (C=O) groups is 1. The van der Waals surface area contributed by atoms with Gasteiger partial charge < -0.3 is 0 Å². The first kappa shape index (κ1) is 13.6. The average Bonchev–Trinajstić information content (AvgIpc) is 2.16. The second-order valence-electron chi connectivity index (χ2n) is 3.81. The van der Waals surface area contributed by atoms with Crippen molar-refractivity contribution in [1.82, 2.24) is 0 Å². The largest absolute Gasteiger partial charge is 0.272 e. The van der Waals surface area contributed by atoms with Crippen LogP contribution in [0.4, 0.5) is 0 Å². The predicted molar refractivity (Wildman–Crippen MR) is 60.7 cm³/mol. The Labute approximate surface area is 87.5 Å². The van der Waals surface area contributed by atoms with Crippen LogP contribution < -0.4 is 0 Å². The summed E-state index contributed by atoms with van der Waals surface area (Å²) in [6.45, 7) is 9.39. The maximum absolute atomic E-state index is 11.9. The molecular weight excluding hydrogens is 198 g/mol. The summed E-state index contributed by atoms with van der Waals surface area (Å²) in [5.41, 5.74) is 0. The highest BCUT2D eigenvalue weighted by atomic mass is 32.2. The Bertz CT molecular complexity index is 291. The van der Waals surface area contributed by atoms with Crippen LogP contribution in [0.25, 0.3) is 0 Å². The molecule has 0 aliphatic rings. The van der Waals surface area contributed by atoms with Crippen molar-refractivity contribution in [3.8, 4) is 0 Å². The van der Waals surface area contributed by atoms with Gasteiger partial charge in [-0.05, 0) is 5.92 Å². The molecule has 0 heterocycles. The second kappa shape index (κ2) is 5.49. The lowest BCUT2D eigenvalue weighted by Crippen LogP contribution is -2.18. The summed E-state index contributed by atoms with van der Waals surface area (Å²) < 4.78 is 15.7. The van der Waals surface area contributed by atoms with E-state index < -0.39 is 9.73 Å². The van der Waals surface area contributed by atoms with Crippen molar-refractivity contribution < 1.29 is 9.00 Å². The molecule has 4 heteroatoms. The zero-order chi connectivity index (χ0) is 11.4. The first-order chi connectivity index (χ1) is 6.36. The van der Waals surface area contributed by atoms with Crippen molar-refractivity contribution in [2.45, 2.75) is 34.6 Å². The van der Waals surface area contributed by atoms with Crippen LogP contribution in [0.2, 0.25) is 0 Å². The van der Waals surface area contributed by atoms with E-state index in [0.29, 0.717) is 11.5 Å². The van der Waals surface area contributed by atoms with Crippen LogP contribution in [-0.4, -0.2) is 21.6 Å². The minimum absolute atomic E-state index is 0.131. The number of hydrogen-bond acceptors (Lipinski definition) is 2.